The summed E-state index contributed by atoms with van der Waals surface area (Å²) >= 11 is 6.08. The number of halogens is 1. The summed E-state index contributed by atoms with van der Waals surface area (Å²) in [5.74, 6) is 0.828. The van der Waals surface area contributed by atoms with E-state index in [1.165, 1.54) is 0 Å². The van der Waals surface area contributed by atoms with E-state index in [0.717, 1.165) is 0 Å². The van der Waals surface area contributed by atoms with Crippen LogP contribution in [0.2, 0.25) is 5.02 Å². The minimum Gasteiger partial charge on any atom is -0.421 e. The van der Waals surface area contributed by atoms with E-state index in [-0.39, 0.29) is 29.5 Å². The number of rotatable bonds is 6. The van der Waals surface area contributed by atoms with Gasteiger partial charge in [-0.3, -0.25) is 0 Å². The third-order valence-electron chi connectivity index (χ3n) is 3.44. The van der Waals surface area contributed by atoms with Crippen LogP contribution in [-0.4, -0.2) is 30.3 Å². The van der Waals surface area contributed by atoms with Gasteiger partial charge in [-0.2, -0.15) is 0 Å². The van der Waals surface area contributed by atoms with Crippen molar-refractivity contribution in [2.24, 2.45) is 0 Å². The van der Waals surface area contributed by atoms with Gasteiger partial charge in [-0.05, 0) is 26.0 Å². The van der Waals surface area contributed by atoms with Gasteiger partial charge in [0.15, 0.2) is 5.76 Å². The molecule has 0 radical (unpaired) electrons. The van der Waals surface area contributed by atoms with E-state index in [0.29, 0.717) is 22.2 Å². The van der Waals surface area contributed by atoms with Crippen LogP contribution in [0.15, 0.2) is 38.1 Å². The largest absolute Gasteiger partial charge is 0.421 e. The van der Waals surface area contributed by atoms with Crippen LogP contribution < -0.4 is 4.72 Å². The zero-order valence-electron chi connectivity index (χ0n) is 13.5. The Morgan fingerprint density at radius 1 is 1.20 bits per heavy atom. The molecule has 0 aliphatic rings. The lowest BCUT2D eigenvalue weighted by atomic mass is 10.2. The van der Waals surface area contributed by atoms with E-state index in [4.69, 9.17) is 20.5 Å². The first-order chi connectivity index (χ1) is 11.9. The van der Waals surface area contributed by atoms with Crippen molar-refractivity contribution in [2.45, 2.75) is 25.2 Å². The lowest BCUT2D eigenvalue weighted by Gasteiger charge is -2.04. The first-order valence-electron chi connectivity index (χ1n) is 7.38. The molecular formula is C15H15ClN4O4S. The normalized spacial score (nSPS) is 11.8. The predicted molar refractivity (Wildman–Crippen MR) is 89.6 cm³/mol. The number of sulfonamides is 1. The summed E-state index contributed by atoms with van der Waals surface area (Å²) in [5.41, 5.74) is 0.933. The van der Waals surface area contributed by atoms with Crippen molar-refractivity contribution in [1.29, 1.82) is 0 Å². The van der Waals surface area contributed by atoms with Crippen molar-refractivity contribution in [1.82, 2.24) is 20.1 Å². The van der Waals surface area contributed by atoms with Gasteiger partial charge in [-0.1, -0.05) is 28.9 Å². The fourth-order valence-corrected chi connectivity index (χ4v) is 3.89. The molecule has 2 aromatic heterocycles. The topological polar surface area (TPSA) is 111 Å². The monoisotopic (exact) mass is 382 g/mol. The smallest absolute Gasteiger partial charge is 0.249 e. The minimum absolute atomic E-state index is 0.0507. The average molecular weight is 383 g/mol. The average Bonchev–Trinajstić information content (AvgIpc) is 3.15. The van der Waals surface area contributed by atoms with E-state index < -0.39 is 10.0 Å². The highest BCUT2D eigenvalue weighted by atomic mass is 35.5. The number of benzene rings is 1. The Bertz CT molecular complexity index is 977. The fourth-order valence-electron chi connectivity index (χ4n) is 2.32. The predicted octanol–water partition coefficient (Wildman–Crippen LogP) is 2.52. The maximum absolute atomic E-state index is 12.3. The van der Waals surface area contributed by atoms with Crippen LogP contribution in [0.5, 0.6) is 0 Å². The van der Waals surface area contributed by atoms with Gasteiger partial charge >= 0.3 is 0 Å². The van der Waals surface area contributed by atoms with Crippen molar-refractivity contribution >= 4 is 21.6 Å². The molecule has 0 amide bonds. The molecule has 0 fully saturated rings. The summed E-state index contributed by atoms with van der Waals surface area (Å²) in [6.45, 7) is 3.21. The molecule has 3 rings (SSSR count). The van der Waals surface area contributed by atoms with Gasteiger partial charge in [-0.15, -0.1) is 10.2 Å². The molecule has 0 unspecified atom stereocenters. The Morgan fingerprint density at radius 3 is 2.64 bits per heavy atom. The van der Waals surface area contributed by atoms with Crippen LogP contribution in [0.25, 0.3) is 11.5 Å². The van der Waals surface area contributed by atoms with Crippen LogP contribution in [0.1, 0.15) is 17.3 Å². The molecule has 0 aliphatic heterocycles. The minimum atomic E-state index is -3.72. The summed E-state index contributed by atoms with van der Waals surface area (Å²) in [5, 5.41) is 12.0. The van der Waals surface area contributed by atoms with Crippen molar-refractivity contribution < 1.29 is 17.4 Å². The van der Waals surface area contributed by atoms with Crippen molar-refractivity contribution in [3.8, 4) is 11.5 Å². The van der Waals surface area contributed by atoms with Gasteiger partial charge in [0.1, 0.15) is 10.6 Å². The molecule has 2 heterocycles. The second kappa shape index (κ2) is 6.95. The number of aromatic nitrogens is 3. The summed E-state index contributed by atoms with van der Waals surface area (Å²) in [4.78, 5) is 0.0507. The second-order valence-corrected chi connectivity index (χ2v) is 7.39. The first kappa shape index (κ1) is 17.6. The zero-order valence-corrected chi connectivity index (χ0v) is 15.1. The molecule has 25 heavy (non-hydrogen) atoms. The molecule has 0 atom stereocenters. The molecule has 0 aliphatic carbocycles. The zero-order chi connectivity index (χ0) is 18.0. The van der Waals surface area contributed by atoms with Gasteiger partial charge in [0.2, 0.25) is 21.8 Å². The van der Waals surface area contributed by atoms with Crippen LogP contribution in [0.4, 0.5) is 0 Å². The number of hydrogen-bond acceptors (Lipinski definition) is 7. The number of hydrogen-bond donors (Lipinski definition) is 1. The summed E-state index contributed by atoms with van der Waals surface area (Å²) in [6, 6.07) is 7.09. The van der Waals surface area contributed by atoms with Crippen LogP contribution in [-0.2, 0) is 16.4 Å². The second-order valence-electron chi connectivity index (χ2n) is 5.28. The quantitative estimate of drug-likeness (QED) is 0.697. The SMILES string of the molecule is Cc1noc(C)c1S(=O)(=O)NCCc1nnc(-c2ccccc2Cl)o1. The molecule has 0 saturated heterocycles. The molecule has 8 nitrogen and oxygen atoms in total. The van der Waals surface area contributed by atoms with E-state index in [1.807, 2.05) is 6.07 Å². The van der Waals surface area contributed by atoms with Crippen molar-refractivity contribution in [3.63, 3.8) is 0 Å². The molecule has 1 aromatic carbocycles. The molecule has 132 valence electrons. The summed E-state index contributed by atoms with van der Waals surface area (Å²) in [7, 11) is -3.72. The standard InChI is InChI=1S/C15H15ClN4O4S/c1-9-14(10(2)24-20-9)25(21,22)17-8-7-13-18-19-15(23-13)11-5-3-4-6-12(11)16/h3-6,17H,7-8H2,1-2H3. The number of nitrogens with one attached hydrogen (secondary N) is 1. The molecule has 0 bridgehead atoms. The Labute approximate surface area is 149 Å². The summed E-state index contributed by atoms with van der Waals surface area (Å²) < 4.78 is 37.5. The van der Waals surface area contributed by atoms with Crippen molar-refractivity contribution in [3.05, 3.63) is 46.6 Å². The maximum atomic E-state index is 12.3. The van der Waals surface area contributed by atoms with Crippen LogP contribution in [0, 0.1) is 13.8 Å². The van der Waals surface area contributed by atoms with Gasteiger partial charge in [0, 0.05) is 13.0 Å². The van der Waals surface area contributed by atoms with E-state index in [2.05, 4.69) is 20.1 Å². The van der Waals surface area contributed by atoms with Gasteiger partial charge in [-0.25, -0.2) is 13.1 Å². The Balaban J connectivity index is 1.66. The Morgan fingerprint density at radius 2 is 1.96 bits per heavy atom. The lowest BCUT2D eigenvalue weighted by Crippen LogP contribution is -2.26. The molecule has 0 saturated carbocycles. The van der Waals surface area contributed by atoms with Crippen LogP contribution in [0.3, 0.4) is 0 Å². The van der Waals surface area contributed by atoms with E-state index >= 15 is 0 Å². The highest BCUT2D eigenvalue weighted by Crippen LogP contribution is 2.26. The number of aryl methyl sites for hydroxylation is 2. The van der Waals surface area contributed by atoms with E-state index in [1.54, 1.807) is 32.0 Å². The maximum Gasteiger partial charge on any atom is 0.249 e. The van der Waals surface area contributed by atoms with Gasteiger partial charge in [0.25, 0.3) is 0 Å². The van der Waals surface area contributed by atoms with Crippen molar-refractivity contribution in [2.75, 3.05) is 6.54 Å². The molecule has 10 heteroatoms. The third-order valence-corrected chi connectivity index (χ3v) is 5.47. The molecule has 3 aromatic rings. The van der Waals surface area contributed by atoms with Gasteiger partial charge < -0.3 is 8.94 Å². The van der Waals surface area contributed by atoms with Crippen LogP contribution >= 0.6 is 11.6 Å². The fraction of sp³-hybridized carbons (Fsp3) is 0.267. The Hall–Kier alpha value is -2.23. The Kier molecular flexibility index (Phi) is 4.89. The first-order valence-corrected chi connectivity index (χ1v) is 9.24. The molecule has 1 N–H and O–H groups in total. The highest BCUT2D eigenvalue weighted by molar-refractivity contribution is 7.89. The lowest BCUT2D eigenvalue weighted by molar-refractivity contribution is 0.390. The van der Waals surface area contributed by atoms with Gasteiger partial charge in [0.05, 0.1) is 10.6 Å². The molecular weight excluding hydrogens is 368 g/mol. The summed E-state index contributed by atoms with van der Waals surface area (Å²) in [6.07, 6.45) is 0.236. The third kappa shape index (κ3) is 3.73. The molecule has 0 spiro atoms. The highest BCUT2D eigenvalue weighted by Gasteiger charge is 2.24. The number of nitrogens with zero attached hydrogens (tertiary/aromatic N) is 3. The van der Waals surface area contributed by atoms with E-state index in [9.17, 15) is 8.42 Å².